The van der Waals surface area contributed by atoms with Crippen molar-refractivity contribution in [2.24, 2.45) is 0 Å². The summed E-state index contributed by atoms with van der Waals surface area (Å²) in [5.41, 5.74) is 1.12. The van der Waals surface area contributed by atoms with Gasteiger partial charge in [-0.2, -0.15) is 5.26 Å². The van der Waals surface area contributed by atoms with Gasteiger partial charge in [-0.3, -0.25) is 9.59 Å². The minimum absolute atomic E-state index is 0.452. The molecule has 18 heavy (non-hydrogen) atoms. The standard InChI is InChI=1S/C13H11BrN2O2/c14-9-4-5-11-10(8-9)12(17)13(18)16(11)7-3-1-2-6-15/h4-5,8H,1-3,7H2. The van der Waals surface area contributed by atoms with E-state index >= 15 is 0 Å². The number of nitrogens with zero attached hydrogens (tertiary/aromatic N) is 2. The molecule has 0 saturated carbocycles. The second-order valence-corrected chi connectivity index (χ2v) is 4.98. The molecule has 1 aliphatic rings. The first-order valence-electron chi connectivity index (χ1n) is 5.68. The molecule has 1 aromatic carbocycles. The van der Waals surface area contributed by atoms with Gasteiger partial charge in [-0.15, -0.1) is 0 Å². The van der Waals surface area contributed by atoms with Crippen LogP contribution < -0.4 is 4.90 Å². The lowest BCUT2D eigenvalue weighted by atomic mass is 10.1. The third-order valence-electron chi connectivity index (χ3n) is 2.85. The maximum Gasteiger partial charge on any atom is 0.299 e. The van der Waals surface area contributed by atoms with E-state index in [1.807, 2.05) is 6.07 Å². The number of anilines is 1. The summed E-state index contributed by atoms with van der Waals surface area (Å²) < 4.78 is 0.786. The number of hydrogen-bond donors (Lipinski definition) is 0. The van der Waals surface area contributed by atoms with Crippen molar-refractivity contribution in [3.8, 4) is 6.07 Å². The first-order chi connectivity index (χ1) is 8.65. The van der Waals surface area contributed by atoms with Gasteiger partial charge >= 0.3 is 0 Å². The molecule has 0 N–H and O–H groups in total. The summed E-state index contributed by atoms with van der Waals surface area (Å²) in [6.07, 6.45) is 1.94. The highest BCUT2D eigenvalue weighted by atomic mass is 79.9. The molecule has 0 aliphatic carbocycles. The van der Waals surface area contributed by atoms with E-state index in [1.54, 1.807) is 12.1 Å². The zero-order valence-electron chi connectivity index (χ0n) is 9.65. The Kier molecular flexibility index (Phi) is 3.78. The Hall–Kier alpha value is -1.67. The Morgan fingerprint density at radius 2 is 2.06 bits per heavy atom. The Morgan fingerprint density at radius 3 is 2.78 bits per heavy atom. The number of ketones is 1. The van der Waals surface area contributed by atoms with E-state index in [9.17, 15) is 9.59 Å². The van der Waals surface area contributed by atoms with Crippen LogP contribution in [0.2, 0.25) is 0 Å². The van der Waals surface area contributed by atoms with Gasteiger partial charge in [0.15, 0.2) is 0 Å². The smallest absolute Gasteiger partial charge is 0.299 e. The number of amides is 1. The van der Waals surface area contributed by atoms with Gasteiger partial charge in [0.1, 0.15) is 0 Å². The summed E-state index contributed by atoms with van der Waals surface area (Å²) in [7, 11) is 0. The van der Waals surface area contributed by atoms with Crippen LogP contribution in [0.15, 0.2) is 22.7 Å². The first kappa shape index (κ1) is 12.8. The fourth-order valence-corrected chi connectivity index (χ4v) is 2.33. The molecule has 1 amide bonds. The number of nitriles is 1. The van der Waals surface area contributed by atoms with Crippen LogP contribution in [-0.4, -0.2) is 18.2 Å². The van der Waals surface area contributed by atoms with Crippen LogP contribution in [0.5, 0.6) is 0 Å². The van der Waals surface area contributed by atoms with Gasteiger partial charge in [0, 0.05) is 17.4 Å². The lowest BCUT2D eigenvalue weighted by Gasteiger charge is -2.15. The fraction of sp³-hybridized carbons (Fsp3) is 0.308. The number of Topliss-reactive ketones (excluding diaryl/α,β-unsaturated/α-hetero) is 1. The average Bonchev–Trinajstić information content (AvgIpc) is 2.59. The highest BCUT2D eigenvalue weighted by Crippen LogP contribution is 2.31. The predicted octanol–water partition coefficient (Wildman–Crippen LogP) is 2.67. The minimum Gasteiger partial charge on any atom is -0.305 e. The highest BCUT2D eigenvalue weighted by molar-refractivity contribution is 9.10. The molecule has 1 heterocycles. The summed E-state index contributed by atoms with van der Waals surface area (Å²) in [6, 6.07) is 7.32. The second kappa shape index (κ2) is 5.32. The van der Waals surface area contributed by atoms with Crippen molar-refractivity contribution in [3.63, 3.8) is 0 Å². The van der Waals surface area contributed by atoms with Gasteiger partial charge < -0.3 is 4.90 Å². The van der Waals surface area contributed by atoms with Gasteiger partial charge in [-0.05, 0) is 31.0 Å². The molecular formula is C13H11BrN2O2. The Bertz CT molecular complexity index is 548. The average molecular weight is 307 g/mol. The zero-order valence-corrected chi connectivity index (χ0v) is 11.2. The Morgan fingerprint density at radius 1 is 1.28 bits per heavy atom. The molecular weight excluding hydrogens is 296 g/mol. The number of rotatable bonds is 4. The number of carbonyl (C=O) groups is 2. The van der Waals surface area contributed by atoms with Crippen molar-refractivity contribution in [2.75, 3.05) is 11.4 Å². The maximum atomic E-state index is 11.8. The van der Waals surface area contributed by atoms with Crippen molar-refractivity contribution in [1.82, 2.24) is 0 Å². The van der Waals surface area contributed by atoms with Crippen LogP contribution in [0.25, 0.3) is 0 Å². The number of benzene rings is 1. The van der Waals surface area contributed by atoms with Crippen molar-refractivity contribution in [3.05, 3.63) is 28.2 Å². The molecule has 0 spiro atoms. The van der Waals surface area contributed by atoms with E-state index in [0.29, 0.717) is 24.2 Å². The highest BCUT2D eigenvalue weighted by Gasteiger charge is 2.35. The Labute approximate surface area is 113 Å². The minimum atomic E-state index is -0.472. The van der Waals surface area contributed by atoms with Gasteiger partial charge in [0.25, 0.3) is 11.7 Å². The van der Waals surface area contributed by atoms with Crippen LogP contribution in [0.1, 0.15) is 29.6 Å². The molecule has 0 atom stereocenters. The Balaban J connectivity index is 2.16. The van der Waals surface area contributed by atoms with Crippen LogP contribution in [-0.2, 0) is 4.79 Å². The van der Waals surface area contributed by atoms with E-state index in [-0.39, 0.29) is 0 Å². The van der Waals surface area contributed by atoms with Crippen LogP contribution >= 0.6 is 15.9 Å². The number of halogens is 1. The largest absolute Gasteiger partial charge is 0.305 e. The van der Waals surface area contributed by atoms with Crippen molar-refractivity contribution >= 4 is 33.3 Å². The summed E-state index contributed by atoms with van der Waals surface area (Å²) in [6.45, 7) is 0.487. The van der Waals surface area contributed by atoms with E-state index < -0.39 is 11.7 Å². The van der Waals surface area contributed by atoms with Crippen LogP contribution in [0, 0.1) is 11.3 Å². The summed E-state index contributed by atoms with van der Waals surface area (Å²) in [5.74, 6) is -0.924. The van der Waals surface area contributed by atoms with Crippen LogP contribution in [0.4, 0.5) is 5.69 Å². The third-order valence-corrected chi connectivity index (χ3v) is 3.35. The summed E-state index contributed by atoms with van der Waals surface area (Å²) in [5, 5.41) is 8.45. The monoisotopic (exact) mass is 306 g/mol. The van der Waals surface area contributed by atoms with Crippen LogP contribution in [0.3, 0.4) is 0 Å². The molecule has 5 heteroatoms. The molecule has 0 aromatic heterocycles. The molecule has 2 rings (SSSR count). The lowest BCUT2D eigenvalue weighted by Crippen LogP contribution is -2.30. The van der Waals surface area contributed by atoms with Gasteiger partial charge in [-0.1, -0.05) is 15.9 Å². The van der Waals surface area contributed by atoms with E-state index in [0.717, 1.165) is 17.3 Å². The van der Waals surface area contributed by atoms with E-state index in [1.165, 1.54) is 4.90 Å². The van der Waals surface area contributed by atoms with Crippen molar-refractivity contribution in [2.45, 2.75) is 19.3 Å². The summed E-state index contributed by atoms with van der Waals surface area (Å²) >= 11 is 3.29. The molecule has 0 saturated heterocycles. The summed E-state index contributed by atoms with van der Waals surface area (Å²) in [4.78, 5) is 25.1. The number of carbonyl (C=O) groups excluding carboxylic acids is 2. The molecule has 0 radical (unpaired) electrons. The van der Waals surface area contributed by atoms with E-state index in [2.05, 4.69) is 22.0 Å². The normalized spacial score (nSPS) is 13.7. The van der Waals surface area contributed by atoms with Gasteiger partial charge in [-0.25, -0.2) is 0 Å². The van der Waals surface area contributed by atoms with Crippen molar-refractivity contribution < 1.29 is 9.59 Å². The predicted molar refractivity (Wildman–Crippen MR) is 70.3 cm³/mol. The van der Waals surface area contributed by atoms with Gasteiger partial charge in [0.05, 0.1) is 17.3 Å². The molecule has 0 fully saturated rings. The zero-order chi connectivity index (χ0) is 13.1. The first-order valence-corrected chi connectivity index (χ1v) is 6.47. The maximum absolute atomic E-state index is 11.8. The number of unbranched alkanes of at least 4 members (excludes halogenated alkanes) is 2. The second-order valence-electron chi connectivity index (χ2n) is 4.06. The molecule has 1 aliphatic heterocycles. The SMILES string of the molecule is N#CCCCCN1C(=O)C(=O)c2cc(Br)ccc21. The molecule has 0 unspecified atom stereocenters. The molecule has 0 bridgehead atoms. The molecule has 92 valence electrons. The number of hydrogen-bond acceptors (Lipinski definition) is 3. The quantitative estimate of drug-likeness (QED) is 0.634. The van der Waals surface area contributed by atoms with Crippen molar-refractivity contribution in [1.29, 1.82) is 5.26 Å². The van der Waals surface area contributed by atoms with Gasteiger partial charge in [0.2, 0.25) is 0 Å². The molecule has 4 nitrogen and oxygen atoms in total. The third kappa shape index (κ3) is 2.29. The van der Waals surface area contributed by atoms with E-state index in [4.69, 9.17) is 5.26 Å². The lowest BCUT2D eigenvalue weighted by molar-refractivity contribution is -0.114. The molecule has 1 aromatic rings. The fourth-order valence-electron chi connectivity index (χ4n) is 1.97. The topological polar surface area (TPSA) is 61.2 Å². The number of fused-ring (bicyclic) bond motifs is 1.